The Morgan fingerprint density at radius 1 is 1.29 bits per heavy atom. The molecule has 1 N–H and O–H groups in total. The second-order valence-corrected chi connectivity index (χ2v) is 5.41. The van der Waals surface area contributed by atoms with E-state index in [1.807, 2.05) is 25.1 Å². The van der Waals surface area contributed by atoms with Gasteiger partial charge in [0, 0.05) is 5.56 Å². The highest BCUT2D eigenvalue weighted by Crippen LogP contribution is 2.36. The molecule has 5 heteroatoms. The Bertz CT molecular complexity index is 656. The van der Waals surface area contributed by atoms with Gasteiger partial charge < -0.3 is 14.7 Å². The Morgan fingerprint density at radius 3 is 2.76 bits per heavy atom. The molecule has 2 aromatic carbocycles. The fourth-order valence-corrected chi connectivity index (χ4v) is 2.55. The lowest BCUT2D eigenvalue weighted by atomic mass is 10.1. The van der Waals surface area contributed by atoms with Gasteiger partial charge in [-0.05, 0) is 40.5 Å². The van der Waals surface area contributed by atoms with Crippen molar-refractivity contribution in [1.29, 1.82) is 0 Å². The van der Waals surface area contributed by atoms with Crippen molar-refractivity contribution in [2.24, 2.45) is 5.16 Å². The topological polar surface area (TPSA) is 51.0 Å². The zero-order chi connectivity index (χ0) is 15.2. The predicted octanol–water partition coefficient (Wildman–Crippen LogP) is 4.15. The zero-order valence-corrected chi connectivity index (χ0v) is 13.4. The van der Waals surface area contributed by atoms with Crippen LogP contribution in [0.2, 0.25) is 0 Å². The highest BCUT2D eigenvalue weighted by Gasteiger charge is 2.11. The summed E-state index contributed by atoms with van der Waals surface area (Å²) in [5, 5.41) is 11.6. The first kappa shape index (κ1) is 15.4. The van der Waals surface area contributed by atoms with Crippen molar-refractivity contribution in [1.82, 2.24) is 0 Å². The molecule has 0 amide bonds. The van der Waals surface area contributed by atoms with Gasteiger partial charge in [0.25, 0.3) is 0 Å². The minimum absolute atomic E-state index is 0.448. The van der Waals surface area contributed by atoms with Crippen molar-refractivity contribution in [3.8, 4) is 11.5 Å². The van der Waals surface area contributed by atoms with Crippen LogP contribution in [-0.2, 0) is 6.61 Å². The van der Waals surface area contributed by atoms with Crippen molar-refractivity contribution in [3.05, 3.63) is 57.6 Å². The summed E-state index contributed by atoms with van der Waals surface area (Å²) in [5.74, 6) is 1.20. The summed E-state index contributed by atoms with van der Waals surface area (Å²) >= 11 is 3.45. The van der Waals surface area contributed by atoms with E-state index in [4.69, 9.17) is 14.7 Å². The van der Waals surface area contributed by atoms with Gasteiger partial charge in [-0.2, -0.15) is 0 Å². The number of methoxy groups -OCH3 is 1. The molecule has 4 nitrogen and oxygen atoms in total. The van der Waals surface area contributed by atoms with E-state index >= 15 is 0 Å². The molecular weight excluding hydrogens is 334 g/mol. The summed E-state index contributed by atoms with van der Waals surface area (Å²) in [6.45, 7) is 2.49. The van der Waals surface area contributed by atoms with Crippen LogP contribution in [0.5, 0.6) is 11.5 Å². The van der Waals surface area contributed by atoms with Gasteiger partial charge in [-0.25, -0.2) is 0 Å². The van der Waals surface area contributed by atoms with E-state index in [9.17, 15) is 0 Å². The Balaban J connectivity index is 2.23. The number of hydrogen-bond donors (Lipinski definition) is 1. The van der Waals surface area contributed by atoms with Gasteiger partial charge >= 0.3 is 0 Å². The summed E-state index contributed by atoms with van der Waals surface area (Å²) in [6, 6.07) is 11.7. The molecule has 0 aliphatic heterocycles. The molecule has 110 valence electrons. The van der Waals surface area contributed by atoms with E-state index in [-0.39, 0.29) is 0 Å². The molecule has 0 aliphatic rings. The van der Waals surface area contributed by atoms with Gasteiger partial charge in [0.15, 0.2) is 11.5 Å². The maximum absolute atomic E-state index is 8.60. The van der Waals surface area contributed by atoms with Crippen molar-refractivity contribution in [2.45, 2.75) is 13.5 Å². The summed E-state index contributed by atoms with van der Waals surface area (Å²) in [4.78, 5) is 0. The average molecular weight is 350 g/mol. The van der Waals surface area contributed by atoms with E-state index in [1.165, 1.54) is 11.8 Å². The monoisotopic (exact) mass is 349 g/mol. The van der Waals surface area contributed by atoms with Crippen LogP contribution in [0.4, 0.5) is 0 Å². The first-order valence-electron chi connectivity index (χ1n) is 6.37. The standard InChI is InChI=1S/C16H16BrNO3/c1-11-4-3-5-12(6-11)10-21-16-14(17)7-13(9-18-19)8-15(16)20-2/h3-9,19H,10H2,1-2H3. The molecule has 21 heavy (non-hydrogen) atoms. The van der Waals surface area contributed by atoms with Crippen LogP contribution in [0, 0.1) is 6.92 Å². The van der Waals surface area contributed by atoms with Gasteiger partial charge in [-0.15, -0.1) is 0 Å². The number of aryl methyl sites for hydroxylation is 1. The third-order valence-electron chi connectivity index (χ3n) is 2.92. The zero-order valence-electron chi connectivity index (χ0n) is 11.8. The molecule has 0 bridgehead atoms. The fraction of sp³-hybridized carbons (Fsp3) is 0.188. The van der Waals surface area contributed by atoms with E-state index in [0.29, 0.717) is 23.7 Å². The van der Waals surface area contributed by atoms with Crippen LogP contribution in [0.3, 0.4) is 0 Å². The first-order valence-corrected chi connectivity index (χ1v) is 7.16. The van der Waals surface area contributed by atoms with Gasteiger partial charge in [-0.1, -0.05) is 35.0 Å². The van der Waals surface area contributed by atoms with Crippen molar-refractivity contribution in [2.75, 3.05) is 7.11 Å². The summed E-state index contributed by atoms with van der Waals surface area (Å²) in [7, 11) is 1.57. The quantitative estimate of drug-likeness (QED) is 0.501. The first-order chi connectivity index (χ1) is 10.1. The van der Waals surface area contributed by atoms with Crippen LogP contribution >= 0.6 is 15.9 Å². The lowest BCUT2D eigenvalue weighted by molar-refractivity contribution is 0.282. The maximum Gasteiger partial charge on any atom is 0.175 e. The Hall–Kier alpha value is -2.01. The molecule has 2 rings (SSSR count). The molecule has 0 fully saturated rings. The van der Waals surface area contributed by atoms with Gasteiger partial charge in [-0.3, -0.25) is 0 Å². The van der Waals surface area contributed by atoms with Crippen LogP contribution in [0.15, 0.2) is 46.0 Å². The number of nitrogens with zero attached hydrogens (tertiary/aromatic N) is 1. The molecule has 0 spiro atoms. The number of oxime groups is 1. The molecule has 0 saturated carbocycles. The number of ether oxygens (including phenoxy) is 2. The van der Waals surface area contributed by atoms with Crippen molar-refractivity contribution in [3.63, 3.8) is 0 Å². The Morgan fingerprint density at radius 2 is 2.10 bits per heavy atom. The molecule has 0 aromatic heterocycles. The highest BCUT2D eigenvalue weighted by atomic mass is 79.9. The van der Waals surface area contributed by atoms with Crippen LogP contribution in [0.25, 0.3) is 0 Å². The lowest BCUT2D eigenvalue weighted by Crippen LogP contribution is -2.00. The molecule has 0 heterocycles. The van der Waals surface area contributed by atoms with Gasteiger partial charge in [0.1, 0.15) is 6.61 Å². The molecule has 0 aliphatic carbocycles. The van der Waals surface area contributed by atoms with Crippen molar-refractivity contribution < 1.29 is 14.7 Å². The summed E-state index contributed by atoms with van der Waals surface area (Å²) < 4.78 is 11.9. The highest BCUT2D eigenvalue weighted by molar-refractivity contribution is 9.10. The maximum atomic E-state index is 8.60. The molecule has 0 radical (unpaired) electrons. The Kier molecular flexibility index (Phi) is 5.22. The fourth-order valence-electron chi connectivity index (χ4n) is 1.98. The molecule has 2 aromatic rings. The van der Waals surface area contributed by atoms with Crippen LogP contribution < -0.4 is 9.47 Å². The largest absolute Gasteiger partial charge is 0.493 e. The third kappa shape index (κ3) is 3.98. The minimum Gasteiger partial charge on any atom is -0.493 e. The molecular formula is C16H16BrNO3. The second-order valence-electron chi connectivity index (χ2n) is 4.56. The normalized spacial score (nSPS) is 10.8. The smallest absolute Gasteiger partial charge is 0.175 e. The van der Waals surface area contributed by atoms with E-state index in [0.717, 1.165) is 10.0 Å². The second kappa shape index (κ2) is 7.13. The van der Waals surface area contributed by atoms with Crippen molar-refractivity contribution >= 4 is 22.1 Å². The molecule has 0 atom stereocenters. The summed E-state index contributed by atoms with van der Waals surface area (Å²) in [5.41, 5.74) is 2.99. The Labute approximate surface area is 132 Å². The SMILES string of the molecule is COc1cc(C=NO)cc(Br)c1OCc1cccc(C)c1. The molecule has 0 unspecified atom stereocenters. The number of hydrogen-bond acceptors (Lipinski definition) is 4. The van der Waals surface area contributed by atoms with Gasteiger partial charge in [0.2, 0.25) is 0 Å². The average Bonchev–Trinajstić information content (AvgIpc) is 2.46. The van der Waals surface area contributed by atoms with Crippen LogP contribution in [-0.4, -0.2) is 18.5 Å². The third-order valence-corrected chi connectivity index (χ3v) is 3.51. The van der Waals surface area contributed by atoms with Crippen LogP contribution in [0.1, 0.15) is 16.7 Å². The minimum atomic E-state index is 0.448. The number of benzene rings is 2. The summed E-state index contributed by atoms with van der Waals surface area (Å²) in [6.07, 6.45) is 1.33. The lowest BCUT2D eigenvalue weighted by Gasteiger charge is -2.13. The van der Waals surface area contributed by atoms with E-state index in [1.54, 1.807) is 19.2 Å². The van der Waals surface area contributed by atoms with Gasteiger partial charge in [0.05, 0.1) is 17.8 Å². The predicted molar refractivity (Wildman–Crippen MR) is 85.6 cm³/mol. The number of halogens is 1. The molecule has 0 saturated heterocycles. The van der Waals surface area contributed by atoms with E-state index in [2.05, 4.69) is 27.2 Å². The van der Waals surface area contributed by atoms with E-state index < -0.39 is 0 Å². The number of rotatable bonds is 5.